The summed E-state index contributed by atoms with van der Waals surface area (Å²) in [5, 5.41) is 24.4. The van der Waals surface area contributed by atoms with E-state index in [2.05, 4.69) is 5.32 Å². The number of carbonyl (C=O) groups is 3. The van der Waals surface area contributed by atoms with Gasteiger partial charge >= 0.3 is 11.7 Å². The Balaban J connectivity index is 1.38. The van der Waals surface area contributed by atoms with Gasteiger partial charge in [-0.15, -0.1) is 0 Å². The van der Waals surface area contributed by atoms with Crippen molar-refractivity contribution in [3.8, 4) is 11.5 Å². The first kappa shape index (κ1) is 32.2. The third-order valence-electron chi connectivity index (χ3n) is 7.70. The first-order valence-electron chi connectivity index (χ1n) is 14.1. The molecule has 46 heavy (non-hydrogen) atoms. The number of anilines is 1. The molecule has 0 radical (unpaired) electrons. The highest BCUT2D eigenvalue weighted by Gasteiger charge is 2.53. The van der Waals surface area contributed by atoms with E-state index in [9.17, 15) is 29.4 Å². The average molecular weight is 633 g/mol. The van der Waals surface area contributed by atoms with Crippen LogP contribution in [0.3, 0.4) is 0 Å². The van der Waals surface area contributed by atoms with Crippen molar-refractivity contribution in [3.05, 3.63) is 99.4 Å². The second kappa shape index (κ2) is 12.6. The molecule has 13 heteroatoms. The monoisotopic (exact) mass is 632 g/mol. The number of ketones is 1. The standard InChI is InChI=1S/C33H32N2O11/c1-16-21(43-31-25(38)27(45-32(34)41)28(42-4)33(2,3)46-31)15-14-20-24(37)22(30(40)44-26(16)20)35-29(39)19-12-10-18(11-13-19)23(36)17-8-6-5-7-9-17/h5-15,25,27-28,31,37-38H,1-4H3,(H2,34,41)(H,35,39). The third kappa shape index (κ3) is 6.15. The summed E-state index contributed by atoms with van der Waals surface area (Å²) < 4.78 is 27.9. The molecule has 5 rings (SSSR count). The number of ether oxygens (including phenoxy) is 4. The molecule has 0 bridgehead atoms. The van der Waals surface area contributed by atoms with Crippen molar-refractivity contribution in [2.24, 2.45) is 5.73 Å². The molecule has 3 aromatic carbocycles. The number of fused-ring (bicyclic) bond motifs is 1. The number of methoxy groups -OCH3 is 1. The van der Waals surface area contributed by atoms with Gasteiger partial charge in [0.25, 0.3) is 5.91 Å². The number of aryl methyl sites for hydroxylation is 1. The second-order valence-electron chi connectivity index (χ2n) is 11.2. The zero-order valence-corrected chi connectivity index (χ0v) is 25.3. The third-order valence-corrected chi connectivity index (χ3v) is 7.70. The van der Waals surface area contributed by atoms with Crippen molar-refractivity contribution in [1.29, 1.82) is 0 Å². The van der Waals surface area contributed by atoms with Gasteiger partial charge in [0.15, 0.2) is 29.4 Å². The Morgan fingerprint density at radius 3 is 2.22 bits per heavy atom. The Kier molecular flexibility index (Phi) is 8.83. The molecule has 240 valence electrons. The van der Waals surface area contributed by atoms with Crippen LogP contribution >= 0.6 is 0 Å². The highest BCUT2D eigenvalue weighted by Crippen LogP contribution is 2.38. The number of primary amides is 1. The van der Waals surface area contributed by atoms with E-state index in [1.807, 2.05) is 0 Å². The van der Waals surface area contributed by atoms with Gasteiger partial charge in [0.1, 0.15) is 17.4 Å². The van der Waals surface area contributed by atoms with Gasteiger partial charge in [-0.2, -0.15) is 0 Å². The molecule has 13 nitrogen and oxygen atoms in total. The van der Waals surface area contributed by atoms with Crippen molar-refractivity contribution in [1.82, 2.24) is 0 Å². The maximum absolute atomic E-state index is 13.0. The van der Waals surface area contributed by atoms with Gasteiger partial charge in [0, 0.05) is 29.4 Å². The van der Waals surface area contributed by atoms with Gasteiger partial charge in [0.2, 0.25) is 6.29 Å². The predicted octanol–water partition coefficient (Wildman–Crippen LogP) is 3.64. The molecule has 1 aliphatic heterocycles. The van der Waals surface area contributed by atoms with E-state index < -0.39 is 59.3 Å². The molecule has 2 amide bonds. The molecule has 4 atom stereocenters. The van der Waals surface area contributed by atoms with Crippen LogP contribution in [0.1, 0.15) is 45.7 Å². The lowest BCUT2D eigenvalue weighted by atomic mass is 9.89. The molecule has 1 aliphatic rings. The minimum Gasteiger partial charge on any atom is -0.505 e. The Morgan fingerprint density at radius 2 is 1.59 bits per heavy atom. The number of carbonyl (C=O) groups excluding carboxylic acids is 3. The first-order chi connectivity index (χ1) is 21.8. The number of aromatic hydroxyl groups is 1. The highest BCUT2D eigenvalue weighted by atomic mass is 16.7. The lowest BCUT2D eigenvalue weighted by molar-refractivity contribution is -0.304. The summed E-state index contributed by atoms with van der Waals surface area (Å²) >= 11 is 0. The molecule has 0 aliphatic carbocycles. The summed E-state index contributed by atoms with van der Waals surface area (Å²) in [6.45, 7) is 4.85. The molecule has 4 aromatic rings. The normalized spacial score (nSPS) is 20.5. The Bertz CT molecular complexity index is 1850. The molecule has 4 unspecified atom stereocenters. The van der Waals surface area contributed by atoms with Gasteiger partial charge in [0.05, 0.1) is 11.0 Å². The molecule has 1 fully saturated rings. The van der Waals surface area contributed by atoms with E-state index in [-0.39, 0.29) is 33.6 Å². The number of rotatable bonds is 8. The van der Waals surface area contributed by atoms with Crippen molar-refractivity contribution >= 4 is 34.4 Å². The number of benzene rings is 3. The van der Waals surface area contributed by atoms with E-state index in [1.54, 1.807) is 51.1 Å². The SMILES string of the molecule is COC1C(OC(N)=O)C(O)C(Oc2ccc3c(O)c(NC(=O)c4ccc(C(=O)c5ccccc5)cc4)c(=O)oc3c2C)OC1(C)C. The lowest BCUT2D eigenvalue weighted by Crippen LogP contribution is -2.65. The lowest BCUT2D eigenvalue weighted by Gasteiger charge is -2.47. The number of aliphatic hydroxyl groups is 1. The topological polar surface area (TPSA) is 197 Å². The molecular formula is C33H32N2O11. The fourth-order valence-electron chi connectivity index (χ4n) is 5.39. The maximum atomic E-state index is 13.0. The molecule has 1 saturated heterocycles. The average Bonchev–Trinajstić information content (AvgIpc) is 3.03. The van der Waals surface area contributed by atoms with Gasteiger partial charge in [-0.05, 0) is 45.0 Å². The van der Waals surface area contributed by atoms with Crippen LogP contribution in [-0.2, 0) is 14.2 Å². The summed E-state index contributed by atoms with van der Waals surface area (Å²) in [5.74, 6) is -1.36. The number of nitrogens with two attached hydrogens (primary N) is 1. The van der Waals surface area contributed by atoms with Crippen LogP contribution in [0.2, 0.25) is 0 Å². The Labute approximate surface area is 262 Å². The van der Waals surface area contributed by atoms with E-state index >= 15 is 0 Å². The quantitative estimate of drug-likeness (QED) is 0.163. The zero-order chi connectivity index (χ0) is 33.3. The minimum atomic E-state index is -1.52. The van der Waals surface area contributed by atoms with Crippen LogP contribution in [0.5, 0.6) is 11.5 Å². The number of hydrogen-bond donors (Lipinski definition) is 4. The van der Waals surface area contributed by atoms with Crippen LogP contribution < -0.4 is 21.4 Å². The summed E-state index contributed by atoms with van der Waals surface area (Å²) in [4.78, 5) is 50.1. The van der Waals surface area contributed by atoms with Crippen LogP contribution in [0.4, 0.5) is 10.5 Å². The van der Waals surface area contributed by atoms with Crippen molar-refractivity contribution in [3.63, 3.8) is 0 Å². The summed E-state index contributed by atoms with van der Waals surface area (Å²) in [6.07, 6.45) is -6.13. The van der Waals surface area contributed by atoms with Crippen molar-refractivity contribution in [2.45, 2.75) is 51.0 Å². The number of hydrogen-bond acceptors (Lipinski definition) is 11. The number of aliphatic hydroxyl groups excluding tert-OH is 1. The van der Waals surface area contributed by atoms with Crippen LogP contribution in [-0.4, -0.2) is 65.3 Å². The van der Waals surface area contributed by atoms with E-state index in [4.69, 9.17) is 29.1 Å². The highest BCUT2D eigenvalue weighted by molar-refractivity contribution is 6.10. The zero-order valence-electron chi connectivity index (χ0n) is 25.3. The molecule has 5 N–H and O–H groups in total. The predicted molar refractivity (Wildman–Crippen MR) is 164 cm³/mol. The van der Waals surface area contributed by atoms with Gasteiger partial charge < -0.3 is 44.6 Å². The number of amides is 2. The molecular weight excluding hydrogens is 600 g/mol. The smallest absolute Gasteiger partial charge is 0.404 e. The molecule has 0 saturated carbocycles. The second-order valence-corrected chi connectivity index (χ2v) is 11.2. The Hall–Kier alpha value is -5.24. The molecule has 1 aromatic heterocycles. The molecule has 0 spiro atoms. The van der Waals surface area contributed by atoms with Crippen LogP contribution in [0.25, 0.3) is 11.0 Å². The first-order valence-corrected chi connectivity index (χ1v) is 14.1. The van der Waals surface area contributed by atoms with Crippen molar-refractivity contribution in [2.75, 3.05) is 12.4 Å². The largest absolute Gasteiger partial charge is 0.505 e. The Morgan fingerprint density at radius 1 is 0.957 bits per heavy atom. The molecule has 2 heterocycles. The van der Waals surface area contributed by atoms with E-state index in [0.717, 1.165) is 0 Å². The van der Waals surface area contributed by atoms with Crippen molar-refractivity contribution < 1.29 is 48.0 Å². The van der Waals surface area contributed by atoms with Gasteiger partial charge in [-0.3, -0.25) is 9.59 Å². The maximum Gasteiger partial charge on any atom is 0.404 e. The number of nitrogens with one attached hydrogen (secondary N) is 1. The van der Waals surface area contributed by atoms with E-state index in [0.29, 0.717) is 11.1 Å². The minimum absolute atomic E-state index is 0.0500. The summed E-state index contributed by atoms with van der Waals surface area (Å²) in [6, 6.07) is 17.3. The summed E-state index contributed by atoms with van der Waals surface area (Å²) in [7, 11) is 1.37. The van der Waals surface area contributed by atoms with E-state index in [1.165, 1.54) is 43.5 Å². The van der Waals surface area contributed by atoms with Crippen LogP contribution in [0, 0.1) is 6.92 Å². The fraction of sp³-hybridized carbons (Fsp3) is 0.273. The fourth-order valence-corrected chi connectivity index (χ4v) is 5.39. The van der Waals surface area contributed by atoms with Gasteiger partial charge in [-0.1, -0.05) is 42.5 Å². The van der Waals surface area contributed by atoms with Gasteiger partial charge in [-0.25, -0.2) is 9.59 Å². The summed E-state index contributed by atoms with van der Waals surface area (Å²) in [5.41, 5.74) is 3.78. The van der Waals surface area contributed by atoms with Crippen LogP contribution in [0.15, 0.2) is 75.9 Å².